The zero-order valence-corrected chi connectivity index (χ0v) is 9.10. The van der Waals surface area contributed by atoms with Crippen molar-refractivity contribution in [3.63, 3.8) is 0 Å². The van der Waals surface area contributed by atoms with Crippen LogP contribution in [0.4, 0.5) is 8.78 Å². The third kappa shape index (κ3) is 2.55. The summed E-state index contributed by atoms with van der Waals surface area (Å²) in [4.78, 5) is 0. The average molecular weight is 248 g/mol. The number of nitrogens with one attached hydrogen (secondary N) is 1. The van der Waals surface area contributed by atoms with Gasteiger partial charge in [-0.05, 0) is 17.7 Å². The number of rotatable bonds is 4. The molecule has 1 saturated heterocycles. The number of hydrogen-bond acceptors (Lipinski definition) is 2. The molecular weight excluding hydrogens is 238 g/mol. The topological polar surface area (TPSA) is 49.2 Å². The zero-order chi connectivity index (χ0) is 11.8. The number of hydrogen-bond donors (Lipinski definition) is 1. The molecule has 0 unspecified atom stereocenters. The van der Waals surface area contributed by atoms with Crippen molar-refractivity contribution >= 4 is 10.2 Å². The van der Waals surface area contributed by atoms with E-state index >= 15 is 0 Å². The van der Waals surface area contributed by atoms with E-state index in [1.165, 1.54) is 10.4 Å². The summed E-state index contributed by atoms with van der Waals surface area (Å²) in [6.07, 6.45) is 0. The van der Waals surface area contributed by atoms with Gasteiger partial charge >= 0.3 is 0 Å². The molecule has 0 atom stereocenters. The molecule has 1 fully saturated rings. The molecule has 0 radical (unpaired) electrons. The Morgan fingerprint density at radius 1 is 1.25 bits per heavy atom. The van der Waals surface area contributed by atoms with E-state index in [4.69, 9.17) is 0 Å². The first-order chi connectivity index (χ1) is 7.49. The summed E-state index contributed by atoms with van der Waals surface area (Å²) in [5, 5.41) is 0. The molecule has 0 aliphatic carbocycles. The maximum atomic E-state index is 12.8. The third-order valence-electron chi connectivity index (χ3n) is 2.19. The fourth-order valence-corrected chi connectivity index (χ4v) is 2.29. The molecule has 16 heavy (non-hydrogen) atoms. The smallest absolute Gasteiger partial charge is 0.204 e. The Morgan fingerprint density at radius 2 is 1.94 bits per heavy atom. The van der Waals surface area contributed by atoms with E-state index in [9.17, 15) is 17.2 Å². The maximum absolute atomic E-state index is 12.8. The average Bonchev–Trinajstić information content (AvgIpc) is 3.03. The number of halogens is 2. The molecule has 1 aliphatic rings. The Labute approximate surface area is 92.1 Å². The highest BCUT2D eigenvalue weighted by Crippen LogP contribution is 2.12. The standard InChI is InChI=1S/C9H10F2N2O2S/c10-8-2-1-7(5-9(8)11)6-12-16(14,15)13-3-4-13/h1-2,5,12H,3-4,6H2. The van der Waals surface area contributed by atoms with Gasteiger partial charge in [0, 0.05) is 19.6 Å². The zero-order valence-electron chi connectivity index (χ0n) is 8.28. The van der Waals surface area contributed by atoms with Gasteiger partial charge in [-0.15, -0.1) is 0 Å². The molecule has 0 amide bonds. The van der Waals surface area contributed by atoms with Crippen molar-refractivity contribution < 1.29 is 17.2 Å². The van der Waals surface area contributed by atoms with E-state index in [1.54, 1.807) is 0 Å². The summed E-state index contributed by atoms with van der Waals surface area (Å²) < 4.78 is 51.7. The largest absolute Gasteiger partial charge is 0.279 e. The second-order valence-electron chi connectivity index (χ2n) is 3.47. The lowest BCUT2D eigenvalue weighted by molar-refractivity contribution is 0.506. The van der Waals surface area contributed by atoms with Crippen LogP contribution in [0, 0.1) is 11.6 Å². The van der Waals surface area contributed by atoms with E-state index in [2.05, 4.69) is 4.72 Å². The van der Waals surface area contributed by atoms with Crippen LogP contribution in [0.3, 0.4) is 0 Å². The molecule has 0 bridgehead atoms. The van der Waals surface area contributed by atoms with Crippen molar-refractivity contribution in [2.75, 3.05) is 13.1 Å². The molecule has 0 aromatic heterocycles. The Hall–Kier alpha value is -1.05. The first kappa shape index (κ1) is 11.4. The fourth-order valence-electron chi connectivity index (χ4n) is 1.20. The Kier molecular flexibility index (Phi) is 2.92. The Balaban J connectivity index is 2.02. The first-order valence-corrected chi connectivity index (χ1v) is 6.12. The quantitative estimate of drug-likeness (QED) is 0.794. The fraction of sp³-hybridized carbons (Fsp3) is 0.333. The summed E-state index contributed by atoms with van der Waals surface area (Å²) in [5.74, 6) is -1.93. The van der Waals surface area contributed by atoms with Gasteiger partial charge in [-0.2, -0.15) is 17.4 Å². The van der Waals surface area contributed by atoms with Crippen molar-refractivity contribution in [3.05, 3.63) is 35.4 Å². The highest BCUT2D eigenvalue weighted by molar-refractivity contribution is 7.87. The minimum absolute atomic E-state index is 0.0456. The van der Waals surface area contributed by atoms with E-state index in [1.807, 2.05) is 0 Å². The monoisotopic (exact) mass is 248 g/mol. The van der Waals surface area contributed by atoms with E-state index < -0.39 is 21.8 Å². The second-order valence-corrected chi connectivity index (χ2v) is 5.23. The number of benzene rings is 1. The van der Waals surface area contributed by atoms with Gasteiger partial charge in [-0.1, -0.05) is 6.07 Å². The molecule has 1 aromatic carbocycles. The lowest BCUT2D eigenvalue weighted by Crippen LogP contribution is -2.29. The van der Waals surface area contributed by atoms with Crippen LogP contribution >= 0.6 is 0 Å². The van der Waals surface area contributed by atoms with Crippen molar-refractivity contribution in [1.82, 2.24) is 9.03 Å². The van der Waals surface area contributed by atoms with Crippen LogP contribution in [0.1, 0.15) is 5.56 Å². The summed E-state index contributed by atoms with van der Waals surface area (Å²) in [5.41, 5.74) is 0.379. The van der Waals surface area contributed by atoms with Crippen LogP contribution in [0.5, 0.6) is 0 Å². The molecule has 88 valence electrons. The van der Waals surface area contributed by atoms with Gasteiger partial charge in [0.25, 0.3) is 10.2 Å². The van der Waals surface area contributed by atoms with Crippen LogP contribution in [-0.4, -0.2) is 25.8 Å². The van der Waals surface area contributed by atoms with Gasteiger partial charge in [0.1, 0.15) is 0 Å². The Morgan fingerprint density at radius 3 is 2.50 bits per heavy atom. The maximum Gasteiger partial charge on any atom is 0.279 e. The first-order valence-electron chi connectivity index (χ1n) is 4.68. The molecular formula is C9H10F2N2O2S. The lowest BCUT2D eigenvalue weighted by atomic mass is 10.2. The van der Waals surface area contributed by atoms with Crippen LogP contribution < -0.4 is 4.72 Å². The highest BCUT2D eigenvalue weighted by atomic mass is 32.2. The van der Waals surface area contributed by atoms with Crippen molar-refractivity contribution in [3.8, 4) is 0 Å². The van der Waals surface area contributed by atoms with Crippen LogP contribution in [0.2, 0.25) is 0 Å². The SMILES string of the molecule is O=S(=O)(NCc1ccc(F)c(F)c1)N1CC1. The van der Waals surface area contributed by atoms with Crippen molar-refractivity contribution in [1.29, 1.82) is 0 Å². The van der Waals surface area contributed by atoms with E-state index in [0.29, 0.717) is 18.7 Å². The summed E-state index contributed by atoms with van der Waals surface area (Å²) in [6, 6.07) is 3.28. The van der Waals surface area contributed by atoms with E-state index in [0.717, 1.165) is 12.1 Å². The minimum atomic E-state index is -3.44. The number of nitrogens with zero attached hydrogens (tertiary/aromatic N) is 1. The molecule has 0 saturated carbocycles. The summed E-state index contributed by atoms with van der Waals surface area (Å²) in [6.45, 7) is 0.969. The predicted molar refractivity (Wildman–Crippen MR) is 53.7 cm³/mol. The molecule has 0 spiro atoms. The van der Waals surface area contributed by atoms with Gasteiger partial charge in [0.05, 0.1) is 0 Å². The van der Waals surface area contributed by atoms with Gasteiger partial charge in [0.15, 0.2) is 11.6 Å². The summed E-state index contributed by atoms with van der Waals surface area (Å²) >= 11 is 0. The van der Waals surface area contributed by atoms with Crippen LogP contribution in [0.15, 0.2) is 18.2 Å². The second kappa shape index (κ2) is 4.08. The molecule has 4 nitrogen and oxygen atoms in total. The molecule has 1 N–H and O–H groups in total. The highest BCUT2D eigenvalue weighted by Gasteiger charge is 2.31. The van der Waals surface area contributed by atoms with Crippen LogP contribution in [-0.2, 0) is 16.8 Å². The van der Waals surface area contributed by atoms with Gasteiger partial charge < -0.3 is 0 Å². The molecule has 1 aromatic rings. The normalized spacial score (nSPS) is 16.4. The van der Waals surface area contributed by atoms with Crippen LogP contribution in [0.25, 0.3) is 0 Å². The molecule has 7 heteroatoms. The van der Waals surface area contributed by atoms with Crippen molar-refractivity contribution in [2.45, 2.75) is 6.54 Å². The predicted octanol–water partition coefficient (Wildman–Crippen LogP) is 0.615. The van der Waals surface area contributed by atoms with Gasteiger partial charge in [-0.25, -0.2) is 8.78 Å². The summed E-state index contributed by atoms with van der Waals surface area (Å²) in [7, 11) is -3.44. The van der Waals surface area contributed by atoms with Crippen molar-refractivity contribution in [2.24, 2.45) is 0 Å². The third-order valence-corrected chi connectivity index (χ3v) is 3.74. The minimum Gasteiger partial charge on any atom is -0.204 e. The Bertz CT molecular complexity index is 500. The van der Waals surface area contributed by atoms with E-state index in [-0.39, 0.29) is 6.54 Å². The molecule has 2 rings (SSSR count). The van der Waals surface area contributed by atoms with Gasteiger partial charge in [0.2, 0.25) is 0 Å². The molecule has 1 aliphatic heterocycles. The molecule has 1 heterocycles. The van der Waals surface area contributed by atoms with Gasteiger partial charge in [-0.3, -0.25) is 0 Å². The lowest BCUT2D eigenvalue weighted by Gasteiger charge is -2.06.